The second-order valence-electron chi connectivity index (χ2n) is 3.39. The first-order valence-corrected chi connectivity index (χ1v) is 5.48. The predicted octanol–water partition coefficient (Wildman–Crippen LogP) is 1.82. The molecule has 92 valence electrons. The van der Waals surface area contributed by atoms with Crippen LogP contribution < -0.4 is 10.6 Å². The normalized spacial score (nSPS) is 9.89. The highest BCUT2D eigenvalue weighted by Gasteiger charge is 2.09. The molecule has 7 heteroatoms. The number of hydrogen-bond donors (Lipinski definition) is 2. The van der Waals surface area contributed by atoms with E-state index in [0.29, 0.717) is 22.1 Å². The molecule has 0 fully saturated rings. The first-order valence-electron chi connectivity index (χ1n) is 5.10. The van der Waals surface area contributed by atoms with Crippen molar-refractivity contribution in [3.8, 4) is 0 Å². The summed E-state index contributed by atoms with van der Waals surface area (Å²) in [5.74, 6) is 0.207. The predicted molar refractivity (Wildman–Crippen MR) is 68.8 cm³/mol. The molecule has 1 amide bonds. The average Bonchev–Trinajstić information content (AvgIpc) is 2.39. The highest BCUT2D eigenvalue weighted by Crippen LogP contribution is 2.19. The van der Waals surface area contributed by atoms with Crippen LogP contribution in [0.15, 0.2) is 31.0 Å². The van der Waals surface area contributed by atoms with Crippen molar-refractivity contribution in [1.29, 1.82) is 0 Å². The molecule has 0 aromatic carbocycles. The minimum atomic E-state index is -0.318. The Balaban J connectivity index is 2.17. The van der Waals surface area contributed by atoms with Crippen molar-refractivity contribution < 1.29 is 4.79 Å². The molecule has 0 aliphatic heterocycles. The summed E-state index contributed by atoms with van der Waals surface area (Å²) >= 11 is 5.95. The van der Waals surface area contributed by atoms with Crippen LogP contribution in [0, 0.1) is 0 Å². The van der Waals surface area contributed by atoms with Crippen molar-refractivity contribution in [1.82, 2.24) is 15.0 Å². The molecule has 0 bridgehead atoms. The van der Waals surface area contributed by atoms with E-state index in [1.54, 1.807) is 13.1 Å². The Bertz CT molecular complexity index is 561. The van der Waals surface area contributed by atoms with Crippen molar-refractivity contribution in [2.24, 2.45) is 0 Å². The Labute approximate surface area is 108 Å². The molecule has 0 unspecified atom stereocenters. The molecule has 0 saturated carbocycles. The van der Waals surface area contributed by atoms with E-state index in [4.69, 9.17) is 11.6 Å². The molecule has 0 saturated heterocycles. The van der Waals surface area contributed by atoms with Gasteiger partial charge in [-0.1, -0.05) is 11.6 Å². The monoisotopic (exact) mass is 263 g/mol. The molecule has 18 heavy (non-hydrogen) atoms. The molecule has 2 N–H and O–H groups in total. The van der Waals surface area contributed by atoms with Gasteiger partial charge in [-0.2, -0.15) is 0 Å². The zero-order valence-electron chi connectivity index (χ0n) is 9.51. The molecular formula is C11H10ClN5O. The summed E-state index contributed by atoms with van der Waals surface area (Å²) in [5, 5.41) is 5.84. The van der Waals surface area contributed by atoms with Gasteiger partial charge in [0.05, 0.1) is 28.7 Å². The zero-order valence-corrected chi connectivity index (χ0v) is 10.3. The lowest BCUT2D eigenvalue weighted by Gasteiger charge is -2.06. The summed E-state index contributed by atoms with van der Waals surface area (Å²) in [5.41, 5.74) is 0.874. The summed E-state index contributed by atoms with van der Waals surface area (Å²) in [6, 6.07) is 1.54. The van der Waals surface area contributed by atoms with Gasteiger partial charge >= 0.3 is 0 Å². The maximum Gasteiger partial charge on any atom is 0.257 e. The molecule has 6 nitrogen and oxygen atoms in total. The molecule has 0 aliphatic rings. The van der Waals surface area contributed by atoms with Gasteiger partial charge in [0.2, 0.25) is 0 Å². The number of aromatic nitrogens is 3. The van der Waals surface area contributed by atoms with E-state index in [9.17, 15) is 4.79 Å². The lowest BCUT2D eigenvalue weighted by Crippen LogP contribution is -2.13. The maximum atomic E-state index is 11.9. The van der Waals surface area contributed by atoms with Crippen LogP contribution in [0.5, 0.6) is 0 Å². The molecule has 0 aliphatic carbocycles. The van der Waals surface area contributed by atoms with Crippen molar-refractivity contribution in [2.45, 2.75) is 0 Å². The van der Waals surface area contributed by atoms with E-state index in [1.165, 1.54) is 24.9 Å². The topological polar surface area (TPSA) is 79.8 Å². The van der Waals surface area contributed by atoms with Crippen LogP contribution in [0.4, 0.5) is 11.5 Å². The number of pyridine rings is 1. The summed E-state index contributed by atoms with van der Waals surface area (Å²) in [6.07, 6.45) is 5.83. The number of nitrogens with one attached hydrogen (secondary N) is 2. The van der Waals surface area contributed by atoms with Crippen molar-refractivity contribution in [3.05, 3.63) is 41.6 Å². The Kier molecular flexibility index (Phi) is 3.69. The Morgan fingerprint density at radius 2 is 2.00 bits per heavy atom. The third-order valence-electron chi connectivity index (χ3n) is 2.16. The fourth-order valence-corrected chi connectivity index (χ4v) is 1.57. The van der Waals surface area contributed by atoms with Crippen LogP contribution in [0.2, 0.25) is 5.02 Å². The number of hydrogen-bond acceptors (Lipinski definition) is 5. The van der Waals surface area contributed by atoms with Gasteiger partial charge in [0, 0.05) is 13.2 Å². The van der Waals surface area contributed by atoms with E-state index < -0.39 is 0 Å². The molecule has 2 heterocycles. The number of carbonyl (C=O) groups is 1. The van der Waals surface area contributed by atoms with Crippen LogP contribution >= 0.6 is 11.6 Å². The first kappa shape index (κ1) is 12.3. The number of nitrogens with zero attached hydrogens (tertiary/aromatic N) is 3. The largest absolute Gasteiger partial charge is 0.372 e. The van der Waals surface area contributed by atoms with Crippen molar-refractivity contribution in [3.63, 3.8) is 0 Å². The second-order valence-corrected chi connectivity index (χ2v) is 3.79. The Morgan fingerprint density at radius 3 is 2.61 bits per heavy atom. The van der Waals surface area contributed by atoms with Gasteiger partial charge in [0.1, 0.15) is 12.1 Å². The van der Waals surface area contributed by atoms with E-state index >= 15 is 0 Å². The molecule has 2 aromatic heterocycles. The molecular weight excluding hydrogens is 254 g/mol. The molecule has 2 aromatic rings. The lowest BCUT2D eigenvalue weighted by atomic mass is 10.2. The zero-order chi connectivity index (χ0) is 13.0. The van der Waals surface area contributed by atoms with Crippen LogP contribution in [-0.2, 0) is 0 Å². The second kappa shape index (κ2) is 5.42. The Morgan fingerprint density at radius 1 is 1.28 bits per heavy atom. The lowest BCUT2D eigenvalue weighted by molar-refractivity contribution is 0.102. The maximum absolute atomic E-state index is 11.9. The van der Waals surface area contributed by atoms with Crippen LogP contribution in [0.1, 0.15) is 10.4 Å². The summed E-state index contributed by atoms with van der Waals surface area (Å²) in [6.45, 7) is 0. The molecule has 0 spiro atoms. The quantitative estimate of drug-likeness (QED) is 0.883. The third kappa shape index (κ3) is 2.72. The highest BCUT2D eigenvalue weighted by molar-refractivity contribution is 6.33. The SMILES string of the molecule is CNc1ncc(C(=O)Nc2cncnc2)cc1Cl. The fourth-order valence-electron chi connectivity index (χ4n) is 1.31. The summed E-state index contributed by atoms with van der Waals surface area (Å²) in [7, 11) is 1.70. The van der Waals surface area contributed by atoms with Gasteiger partial charge < -0.3 is 10.6 Å². The average molecular weight is 264 g/mol. The minimum Gasteiger partial charge on any atom is -0.372 e. The van der Waals surface area contributed by atoms with Gasteiger partial charge in [-0.3, -0.25) is 4.79 Å². The molecule has 0 atom stereocenters. The number of halogens is 1. The standard InChI is InChI=1S/C11H10ClN5O/c1-13-10-9(12)2-7(3-16-10)11(18)17-8-4-14-6-15-5-8/h2-6H,1H3,(H,13,16)(H,17,18). The van der Waals surface area contributed by atoms with Gasteiger partial charge in [-0.15, -0.1) is 0 Å². The van der Waals surface area contributed by atoms with E-state index in [-0.39, 0.29) is 5.91 Å². The third-order valence-corrected chi connectivity index (χ3v) is 2.45. The van der Waals surface area contributed by atoms with E-state index in [1.807, 2.05) is 0 Å². The summed E-state index contributed by atoms with van der Waals surface area (Å²) < 4.78 is 0. The number of anilines is 2. The van der Waals surface area contributed by atoms with Crippen molar-refractivity contribution >= 4 is 29.0 Å². The number of rotatable bonds is 3. The van der Waals surface area contributed by atoms with Crippen molar-refractivity contribution in [2.75, 3.05) is 17.7 Å². The number of amides is 1. The van der Waals surface area contributed by atoms with Gasteiger partial charge in [-0.05, 0) is 6.07 Å². The highest BCUT2D eigenvalue weighted by atomic mass is 35.5. The van der Waals surface area contributed by atoms with E-state index in [0.717, 1.165) is 0 Å². The smallest absolute Gasteiger partial charge is 0.257 e. The van der Waals surface area contributed by atoms with Crippen LogP contribution in [-0.4, -0.2) is 27.9 Å². The van der Waals surface area contributed by atoms with Crippen LogP contribution in [0.3, 0.4) is 0 Å². The van der Waals surface area contributed by atoms with Gasteiger partial charge in [0.15, 0.2) is 0 Å². The fraction of sp³-hybridized carbons (Fsp3) is 0.0909. The van der Waals surface area contributed by atoms with Crippen LogP contribution in [0.25, 0.3) is 0 Å². The molecule has 2 rings (SSSR count). The van der Waals surface area contributed by atoms with Gasteiger partial charge in [0.25, 0.3) is 5.91 Å². The minimum absolute atomic E-state index is 0.318. The summed E-state index contributed by atoms with van der Waals surface area (Å²) in [4.78, 5) is 23.5. The first-order chi connectivity index (χ1) is 8.70. The van der Waals surface area contributed by atoms with E-state index in [2.05, 4.69) is 25.6 Å². The number of carbonyl (C=O) groups excluding carboxylic acids is 1. The molecule has 0 radical (unpaired) electrons. The van der Waals surface area contributed by atoms with Gasteiger partial charge in [-0.25, -0.2) is 15.0 Å². The Hall–Kier alpha value is -2.21.